The molecule has 6 nitrogen and oxygen atoms in total. The maximum absolute atomic E-state index is 10.7. The molecule has 0 spiro atoms. The zero-order valence-corrected chi connectivity index (χ0v) is 10.2. The van der Waals surface area contributed by atoms with Crippen molar-refractivity contribution in [2.45, 2.75) is 13.5 Å². The molecular formula is C13H11N3O3. The second-order valence-electron chi connectivity index (χ2n) is 4.27. The average molecular weight is 257 g/mol. The minimum absolute atomic E-state index is 0.276. The molecule has 0 fully saturated rings. The Morgan fingerprint density at radius 1 is 1.42 bits per heavy atom. The van der Waals surface area contributed by atoms with Gasteiger partial charge in [0.2, 0.25) is 5.89 Å². The number of nitrogens with zero attached hydrogens (tertiary/aromatic N) is 3. The molecule has 0 aliphatic rings. The number of aryl methyl sites for hydroxylation is 1. The highest BCUT2D eigenvalue weighted by Crippen LogP contribution is 2.20. The highest BCUT2D eigenvalue weighted by molar-refractivity contribution is 5.83. The lowest BCUT2D eigenvalue weighted by molar-refractivity contribution is 0.0680. The standard InChI is InChI=1S/C13H11N3O3/c1-8-3-2-4-9-5-6-16(11(8)9)7-10-14-12(13(17)18)15-19-10/h2-6H,7H2,1H3,(H,17,18). The van der Waals surface area contributed by atoms with E-state index >= 15 is 0 Å². The molecular weight excluding hydrogens is 246 g/mol. The third-order valence-corrected chi connectivity index (χ3v) is 2.96. The molecule has 19 heavy (non-hydrogen) atoms. The number of aromatic nitrogens is 3. The van der Waals surface area contributed by atoms with Crippen LogP contribution < -0.4 is 0 Å². The normalized spacial score (nSPS) is 11.0. The van der Waals surface area contributed by atoms with Crippen LogP contribution in [0.25, 0.3) is 10.9 Å². The molecule has 3 rings (SSSR count). The number of hydrogen-bond donors (Lipinski definition) is 1. The first-order valence-corrected chi connectivity index (χ1v) is 5.75. The van der Waals surface area contributed by atoms with Crippen LogP contribution in [-0.2, 0) is 6.54 Å². The third-order valence-electron chi connectivity index (χ3n) is 2.96. The topological polar surface area (TPSA) is 81.2 Å². The molecule has 0 unspecified atom stereocenters. The molecule has 1 N–H and O–H groups in total. The molecule has 0 amide bonds. The average Bonchev–Trinajstić information content (AvgIpc) is 2.98. The van der Waals surface area contributed by atoms with Crippen molar-refractivity contribution in [1.29, 1.82) is 0 Å². The Balaban J connectivity index is 1.98. The van der Waals surface area contributed by atoms with Gasteiger partial charge in [-0.3, -0.25) is 0 Å². The summed E-state index contributed by atoms with van der Waals surface area (Å²) in [5.41, 5.74) is 2.22. The summed E-state index contributed by atoms with van der Waals surface area (Å²) in [7, 11) is 0. The first kappa shape index (κ1) is 11.5. The van der Waals surface area contributed by atoms with Crippen LogP contribution in [0.2, 0.25) is 0 Å². The third kappa shape index (κ3) is 1.97. The number of benzene rings is 1. The van der Waals surface area contributed by atoms with Crippen LogP contribution in [0.15, 0.2) is 35.0 Å². The SMILES string of the molecule is Cc1cccc2ccn(Cc3nc(C(=O)O)no3)c12. The van der Waals surface area contributed by atoms with Crippen molar-refractivity contribution in [2.75, 3.05) is 0 Å². The number of carboxylic acids is 1. The van der Waals surface area contributed by atoms with Gasteiger partial charge in [0.1, 0.15) is 6.54 Å². The van der Waals surface area contributed by atoms with Gasteiger partial charge in [0.25, 0.3) is 5.82 Å². The molecule has 0 radical (unpaired) electrons. The van der Waals surface area contributed by atoms with Gasteiger partial charge in [-0.2, -0.15) is 4.98 Å². The van der Waals surface area contributed by atoms with E-state index in [1.165, 1.54) is 0 Å². The zero-order valence-electron chi connectivity index (χ0n) is 10.2. The first-order chi connectivity index (χ1) is 9.15. The molecule has 6 heteroatoms. The second kappa shape index (κ2) is 4.24. The fourth-order valence-corrected chi connectivity index (χ4v) is 2.14. The van der Waals surface area contributed by atoms with E-state index in [4.69, 9.17) is 9.63 Å². The van der Waals surface area contributed by atoms with E-state index < -0.39 is 5.97 Å². The summed E-state index contributed by atoms with van der Waals surface area (Å²) >= 11 is 0. The van der Waals surface area contributed by atoms with Gasteiger partial charge in [-0.25, -0.2) is 4.79 Å². The molecule has 0 atom stereocenters. The maximum atomic E-state index is 10.7. The molecule has 3 aromatic rings. The lowest BCUT2D eigenvalue weighted by Gasteiger charge is -2.04. The predicted molar refractivity (Wildman–Crippen MR) is 67.0 cm³/mol. The Labute approximate surface area is 108 Å². The number of carboxylic acid groups (broad SMARTS) is 1. The van der Waals surface area contributed by atoms with Crippen molar-refractivity contribution in [1.82, 2.24) is 14.7 Å². The summed E-state index contributed by atoms with van der Waals surface area (Å²) in [6, 6.07) is 8.04. The Morgan fingerprint density at radius 3 is 3.00 bits per heavy atom. The molecule has 2 aromatic heterocycles. The van der Waals surface area contributed by atoms with Crippen molar-refractivity contribution in [3.63, 3.8) is 0 Å². The highest BCUT2D eigenvalue weighted by atomic mass is 16.5. The van der Waals surface area contributed by atoms with Crippen LogP contribution in [-0.4, -0.2) is 25.8 Å². The molecule has 0 aliphatic heterocycles. The number of rotatable bonds is 3. The maximum Gasteiger partial charge on any atom is 0.377 e. The molecule has 0 bridgehead atoms. The predicted octanol–water partition coefficient (Wildman–Crippen LogP) is 2.08. The number of carbonyl (C=O) groups is 1. The van der Waals surface area contributed by atoms with E-state index in [9.17, 15) is 4.79 Å². The minimum atomic E-state index is -1.19. The lowest BCUT2D eigenvalue weighted by Crippen LogP contribution is -2.02. The van der Waals surface area contributed by atoms with E-state index in [1.807, 2.05) is 42.0 Å². The van der Waals surface area contributed by atoms with Gasteiger partial charge in [0.05, 0.1) is 5.52 Å². The lowest BCUT2D eigenvalue weighted by atomic mass is 10.2. The van der Waals surface area contributed by atoms with E-state index in [0.29, 0.717) is 6.54 Å². The van der Waals surface area contributed by atoms with Gasteiger partial charge >= 0.3 is 5.97 Å². The van der Waals surface area contributed by atoms with Crippen LogP contribution >= 0.6 is 0 Å². The van der Waals surface area contributed by atoms with Crippen LogP contribution in [0.1, 0.15) is 22.1 Å². The summed E-state index contributed by atoms with van der Waals surface area (Å²) < 4.78 is 6.89. The van der Waals surface area contributed by atoms with Gasteiger partial charge in [0, 0.05) is 6.20 Å². The molecule has 1 aromatic carbocycles. The van der Waals surface area contributed by atoms with Crippen molar-refractivity contribution in [3.8, 4) is 0 Å². The molecule has 0 aliphatic carbocycles. The number of fused-ring (bicyclic) bond motifs is 1. The van der Waals surface area contributed by atoms with Gasteiger partial charge < -0.3 is 14.2 Å². The first-order valence-electron chi connectivity index (χ1n) is 5.75. The summed E-state index contributed by atoms with van der Waals surface area (Å²) in [6.07, 6.45) is 1.92. The fourth-order valence-electron chi connectivity index (χ4n) is 2.14. The fraction of sp³-hybridized carbons (Fsp3) is 0.154. The monoisotopic (exact) mass is 257 g/mol. The van der Waals surface area contributed by atoms with Crippen molar-refractivity contribution in [3.05, 3.63) is 47.7 Å². The van der Waals surface area contributed by atoms with Crippen LogP contribution in [0, 0.1) is 6.92 Å². The van der Waals surface area contributed by atoms with Crippen LogP contribution in [0.3, 0.4) is 0 Å². The molecule has 2 heterocycles. The number of hydrogen-bond acceptors (Lipinski definition) is 4. The highest BCUT2D eigenvalue weighted by Gasteiger charge is 2.14. The van der Waals surface area contributed by atoms with E-state index in [-0.39, 0.29) is 11.7 Å². The van der Waals surface area contributed by atoms with E-state index in [0.717, 1.165) is 16.5 Å². The summed E-state index contributed by atoms with van der Waals surface area (Å²) in [5, 5.41) is 13.3. The Hall–Kier alpha value is -2.63. The largest absolute Gasteiger partial charge is 0.475 e. The van der Waals surface area contributed by atoms with Crippen molar-refractivity contribution < 1.29 is 14.4 Å². The number of para-hydroxylation sites is 1. The van der Waals surface area contributed by atoms with Gasteiger partial charge in [0.15, 0.2) is 0 Å². The molecule has 0 saturated heterocycles. The van der Waals surface area contributed by atoms with Gasteiger partial charge in [-0.05, 0) is 29.1 Å². The summed E-state index contributed by atoms with van der Waals surface area (Å²) in [6.45, 7) is 2.38. The van der Waals surface area contributed by atoms with Gasteiger partial charge in [-0.15, -0.1) is 0 Å². The Morgan fingerprint density at radius 2 is 2.26 bits per heavy atom. The number of aromatic carboxylic acids is 1. The Bertz CT molecular complexity index is 757. The molecule has 96 valence electrons. The molecule has 0 saturated carbocycles. The van der Waals surface area contributed by atoms with Crippen molar-refractivity contribution in [2.24, 2.45) is 0 Å². The van der Waals surface area contributed by atoms with Crippen molar-refractivity contribution >= 4 is 16.9 Å². The summed E-state index contributed by atoms with van der Waals surface area (Å²) in [4.78, 5) is 14.5. The van der Waals surface area contributed by atoms with Gasteiger partial charge in [-0.1, -0.05) is 18.2 Å². The smallest absolute Gasteiger partial charge is 0.377 e. The summed E-state index contributed by atoms with van der Waals surface area (Å²) in [5.74, 6) is -1.23. The second-order valence-corrected chi connectivity index (χ2v) is 4.27. The van der Waals surface area contributed by atoms with Crippen LogP contribution in [0.4, 0.5) is 0 Å². The van der Waals surface area contributed by atoms with Crippen LogP contribution in [0.5, 0.6) is 0 Å². The zero-order chi connectivity index (χ0) is 13.4. The Kier molecular flexibility index (Phi) is 2.56. The minimum Gasteiger partial charge on any atom is -0.475 e. The van der Waals surface area contributed by atoms with E-state index in [2.05, 4.69) is 10.1 Å². The van der Waals surface area contributed by atoms with E-state index in [1.54, 1.807) is 0 Å². The quantitative estimate of drug-likeness (QED) is 0.776.